The minimum absolute atomic E-state index is 0.199. The number of hydrazone groups is 1. The topological polar surface area (TPSA) is 97.2 Å². The van der Waals surface area contributed by atoms with E-state index in [0.717, 1.165) is 34.7 Å². The maximum Gasteiger partial charge on any atom is 0.335 e. The van der Waals surface area contributed by atoms with E-state index < -0.39 is 5.97 Å². The van der Waals surface area contributed by atoms with Gasteiger partial charge in [0.15, 0.2) is 0 Å². The van der Waals surface area contributed by atoms with Crippen molar-refractivity contribution in [3.8, 4) is 11.5 Å². The zero-order valence-corrected chi connectivity index (χ0v) is 23.1. The zero-order chi connectivity index (χ0) is 24.5. The van der Waals surface area contributed by atoms with Gasteiger partial charge < -0.3 is 14.6 Å². The van der Waals surface area contributed by atoms with E-state index in [2.05, 4.69) is 55.7 Å². The summed E-state index contributed by atoms with van der Waals surface area (Å²) in [5, 5.41) is 13.0. The average molecular weight is 702 g/mol. The standard InChI is InChI=1S/C24H20I2N2O5S/c1-32-18-6-8-19(9-7-18)34-14-22(29)28-27-12-16-10-20(25)23(21(26)11-16)33-13-15-2-4-17(5-3-15)24(30)31/h2-12H,13-14H2,1H3,(H,28,29)(H,30,31)/b27-12+. The fourth-order valence-electron chi connectivity index (χ4n) is 2.72. The number of amides is 1. The summed E-state index contributed by atoms with van der Waals surface area (Å²) in [7, 11) is 1.61. The second-order valence-corrected chi connectivity index (χ2v) is 10.2. The van der Waals surface area contributed by atoms with Gasteiger partial charge in [-0.15, -0.1) is 11.8 Å². The quantitative estimate of drug-likeness (QED) is 0.127. The van der Waals surface area contributed by atoms with Crippen molar-refractivity contribution in [1.29, 1.82) is 0 Å². The number of nitrogens with zero attached hydrogens (tertiary/aromatic N) is 1. The van der Waals surface area contributed by atoms with Gasteiger partial charge in [0.05, 0.1) is 31.8 Å². The van der Waals surface area contributed by atoms with Crippen LogP contribution in [-0.2, 0) is 11.4 Å². The summed E-state index contributed by atoms with van der Waals surface area (Å²) >= 11 is 5.80. The minimum atomic E-state index is -0.957. The fourth-order valence-corrected chi connectivity index (χ4v) is 5.54. The molecular weight excluding hydrogens is 682 g/mol. The summed E-state index contributed by atoms with van der Waals surface area (Å²) in [6.07, 6.45) is 1.59. The number of thioether (sulfide) groups is 1. The van der Waals surface area contributed by atoms with Crippen LogP contribution in [0.5, 0.6) is 11.5 Å². The third-order valence-electron chi connectivity index (χ3n) is 4.44. The molecule has 0 saturated carbocycles. The molecule has 3 rings (SSSR count). The summed E-state index contributed by atoms with van der Waals surface area (Å²) < 4.78 is 12.9. The highest BCUT2D eigenvalue weighted by molar-refractivity contribution is 14.1. The predicted molar refractivity (Wildman–Crippen MR) is 149 cm³/mol. The molecule has 0 atom stereocenters. The molecule has 34 heavy (non-hydrogen) atoms. The molecule has 0 heterocycles. The van der Waals surface area contributed by atoms with E-state index in [9.17, 15) is 9.59 Å². The summed E-state index contributed by atoms with van der Waals surface area (Å²) in [4.78, 5) is 24.0. The van der Waals surface area contributed by atoms with Crippen molar-refractivity contribution in [3.63, 3.8) is 0 Å². The highest BCUT2D eigenvalue weighted by Crippen LogP contribution is 2.29. The number of hydrogen-bond acceptors (Lipinski definition) is 6. The monoisotopic (exact) mass is 702 g/mol. The Balaban J connectivity index is 1.51. The fraction of sp³-hybridized carbons (Fsp3) is 0.125. The SMILES string of the molecule is COc1ccc(SCC(=O)N/N=C/c2cc(I)c(OCc3ccc(C(=O)O)cc3)c(I)c2)cc1. The number of carboxylic acid groups (broad SMARTS) is 1. The van der Waals surface area contributed by atoms with Crippen LogP contribution >= 0.6 is 56.9 Å². The lowest BCUT2D eigenvalue weighted by Gasteiger charge is -2.11. The van der Waals surface area contributed by atoms with Crippen LogP contribution in [-0.4, -0.2) is 36.1 Å². The molecule has 0 aliphatic heterocycles. The molecule has 2 N–H and O–H groups in total. The van der Waals surface area contributed by atoms with E-state index in [1.807, 2.05) is 36.4 Å². The average Bonchev–Trinajstić information content (AvgIpc) is 2.83. The van der Waals surface area contributed by atoms with Gasteiger partial charge in [0.25, 0.3) is 0 Å². The number of rotatable bonds is 10. The van der Waals surface area contributed by atoms with Crippen molar-refractivity contribution in [2.45, 2.75) is 11.5 Å². The van der Waals surface area contributed by atoms with E-state index in [4.69, 9.17) is 14.6 Å². The molecule has 0 saturated heterocycles. The molecule has 0 fully saturated rings. The number of carbonyl (C=O) groups is 2. The molecule has 0 aliphatic rings. The van der Waals surface area contributed by atoms with Crippen molar-refractivity contribution < 1.29 is 24.2 Å². The normalized spacial score (nSPS) is 10.8. The number of methoxy groups -OCH3 is 1. The molecule has 0 radical (unpaired) electrons. The Morgan fingerprint density at radius 3 is 2.29 bits per heavy atom. The van der Waals surface area contributed by atoms with Gasteiger partial charge in [-0.1, -0.05) is 12.1 Å². The Morgan fingerprint density at radius 2 is 1.71 bits per heavy atom. The Labute approximate surface area is 228 Å². The Hall–Kier alpha value is -2.32. The highest BCUT2D eigenvalue weighted by Gasteiger charge is 2.10. The van der Waals surface area contributed by atoms with Crippen LogP contribution in [0.15, 0.2) is 70.7 Å². The van der Waals surface area contributed by atoms with Gasteiger partial charge in [-0.05, 0) is 105 Å². The van der Waals surface area contributed by atoms with Crippen LogP contribution in [0.1, 0.15) is 21.5 Å². The van der Waals surface area contributed by atoms with Gasteiger partial charge >= 0.3 is 5.97 Å². The number of nitrogens with one attached hydrogen (secondary N) is 1. The van der Waals surface area contributed by atoms with E-state index in [0.29, 0.717) is 6.61 Å². The maximum absolute atomic E-state index is 12.1. The summed E-state index contributed by atoms with van der Waals surface area (Å²) in [5.74, 6) is 0.601. The highest BCUT2D eigenvalue weighted by atomic mass is 127. The predicted octanol–water partition coefficient (Wildman–Crippen LogP) is 5.42. The van der Waals surface area contributed by atoms with Gasteiger partial charge in [0.1, 0.15) is 18.1 Å². The molecule has 3 aromatic rings. The first-order valence-electron chi connectivity index (χ1n) is 9.88. The number of carboxylic acids is 1. The van der Waals surface area contributed by atoms with Gasteiger partial charge in [0.2, 0.25) is 5.91 Å². The van der Waals surface area contributed by atoms with Gasteiger partial charge in [0, 0.05) is 4.90 Å². The first kappa shape index (κ1) is 26.3. The second-order valence-electron chi connectivity index (χ2n) is 6.86. The Morgan fingerprint density at radius 1 is 1.06 bits per heavy atom. The van der Waals surface area contributed by atoms with Crippen molar-refractivity contribution >= 4 is 75.0 Å². The zero-order valence-electron chi connectivity index (χ0n) is 18.0. The number of carbonyl (C=O) groups excluding carboxylic acids is 1. The lowest BCUT2D eigenvalue weighted by atomic mass is 10.1. The van der Waals surface area contributed by atoms with E-state index in [1.165, 1.54) is 11.8 Å². The molecule has 0 spiro atoms. The molecular formula is C24H20I2N2O5S. The van der Waals surface area contributed by atoms with E-state index in [1.54, 1.807) is 37.6 Å². The van der Waals surface area contributed by atoms with Gasteiger partial charge in [-0.3, -0.25) is 4.79 Å². The van der Waals surface area contributed by atoms with Gasteiger partial charge in [-0.25, -0.2) is 10.2 Å². The minimum Gasteiger partial charge on any atom is -0.497 e. The lowest BCUT2D eigenvalue weighted by Crippen LogP contribution is -2.19. The molecule has 3 aromatic carbocycles. The molecule has 0 aliphatic carbocycles. The van der Waals surface area contributed by atoms with Crippen LogP contribution < -0.4 is 14.9 Å². The molecule has 0 bridgehead atoms. The van der Waals surface area contributed by atoms with Crippen LogP contribution in [0.2, 0.25) is 0 Å². The summed E-state index contributed by atoms with van der Waals surface area (Å²) in [5.41, 5.74) is 4.48. The van der Waals surface area contributed by atoms with E-state index >= 15 is 0 Å². The number of benzene rings is 3. The Kier molecular flexibility index (Phi) is 10.0. The van der Waals surface area contributed by atoms with Crippen LogP contribution in [0.4, 0.5) is 0 Å². The Bertz CT molecular complexity index is 1160. The first-order chi connectivity index (χ1) is 16.4. The van der Waals surface area contributed by atoms with Crippen molar-refractivity contribution in [1.82, 2.24) is 5.43 Å². The third-order valence-corrected chi connectivity index (χ3v) is 7.05. The van der Waals surface area contributed by atoms with Crippen LogP contribution in [0.3, 0.4) is 0 Å². The van der Waals surface area contributed by atoms with Crippen LogP contribution in [0, 0.1) is 7.14 Å². The van der Waals surface area contributed by atoms with E-state index in [-0.39, 0.29) is 17.2 Å². The summed E-state index contributed by atoms with van der Waals surface area (Å²) in [6, 6.07) is 17.9. The molecule has 10 heteroatoms. The largest absolute Gasteiger partial charge is 0.497 e. The number of halogens is 2. The van der Waals surface area contributed by atoms with Crippen molar-refractivity contribution in [3.05, 3.63) is 84.5 Å². The van der Waals surface area contributed by atoms with Crippen LogP contribution in [0.25, 0.3) is 0 Å². The molecule has 1 amide bonds. The van der Waals surface area contributed by atoms with Crippen molar-refractivity contribution in [2.24, 2.45) is 5.10 Å². The van der Waals surface area contributed by atoms with Gasteiger partial charge in [-0.2, -0.15) is 5.10 Å². The lowest BCUT2D eigenvalue weighted by molar-refractivity contribution is -0.118. The third kappa shape index (κ3) is 7.87. The maximum atomic E-state index is 12.1. The first-order valence-corrected chi connectivity index (χ1v) is 13.0. The smallest absolute Gasteiger partial charge is 0.335 e. The summed E-state index contributed by atoms with van der Waals surface area (Å²) in [6.45, 7) is 0.321. The molecule has 7 nitrogen and oxygen atoms in total. The molecule has 0 unspecified atom stereocenters. The molecule has 176 valence electrons. The van der Waals surface area contributed by atoms with Crippen molar-refractivity contribution in [2.75, 3.05) is 12.9 Å². The molecule has 0 aromatic heterocycles. The number of hydrogen-bond donors (Lipinski definition) is 2. The number of ether oxygens (including phenoxy) is 2. The number of aromatic carboxylic acids is 1. The second kappa shape index (κ2) is 13.0.